The summed E-state index contributed by atoms with van der Waals surface area (Å²) in [7, 11) is -3.97. The van der Waals surface area contributed by atoms with E-state index in [1.165, 1.54) is 0 Å². The van der Waals surface area contributed by atoms with Gasteiger partial charge in [-0.2, -0.15) is 8.42 Å². The summed E-state index contributed by atoms with van der Waals surface area (Å²) < 4.78 is 27.4. The first-order chi connectivity index (χ1) is 21.9. The van der Waals surface area contributed by atoms with Crippen LogP contribution in [-0.4, -0.2) is 62.4 Å². The molecule has 1 aliphatic heterocycles. The maximum Gasteiger partial charge on any atom is 0.326 e. The molecule has 0 saturated carbocycles. The smallest absolute Gasteiger partial charge is 0.326 e. The highest BCUT2D eigenvalue weighted by Crippen LogP contribution is 2.21. The Hall–Kier alpha value is -5.17. The first-order valence-corrected chi connectivity index (χ1v) is 16.1. The Morgan fingerprint density at radius 3 is 1.98 bits per heavy atom. The van der Waals surface area contributed by atoms with Gasteiger partial charge in [-0.25, -0.2) is 9.03 Å². The van der Waals surface area contributed by atoms with E-state index in [2.05, 4.69) is 22.5 Å². The average molecular weight is 648 g/mol. The largest absolute Gasteiger partial charge is 0.481 e. The molecule has 3 aromatic carbocycles. The van der Waals surface area contributed by atoms with E-state index >= 15 is 0 Å². The predicted molar refractivity (Wildman–Crippen MR) is 173 cm³/mol. The molecule has 1 saturated heterocycles. The van der Waals surface area contributed by atoms with Gasteiger partial charge in [0.25, 0.3) is 5.91 Å². The molecule has 1 fully saturated rings. The van der Waals surface area contributed by atoms with Gasteiger partial charge in [-0.3, -0.25) is 19.2 Å². The number of aliphatic carboxylic acids is 1. The standard InChI is InChI=1S/C33H37N5O7S/c1-22(2)35-29(18-24-6-4-3-5-7-24)33(43)36-28(32(42)34-17-16-23-8-10-26(11-9-23)20-31(40)41)19-25-12-14-27(15-13-25)38-21-30(39)37-46(38,44)45/h3-15,28-29,35H,1,16-21H2,2H3,(H,34,42)(H,36,43)(H,37,39)(H,40,41)/t28-,29-/m0/s1. The van der Waals surface area contributed by atoms with Crippen molar-refractivity contribution in [3.8, 4) is 0 Å². The molecule has 5 N–H and O–H groups in total. The van der Waals surface area contributed by atoms with Crippen LogP contribution in [0.4, 0.5) is 5.69 Å². The van der Waals surface area contributed by atoms with Crippen LogP contribution in [0, 0.1) is 0 Å². The van der Waals surface area contributed by atoms with E-state index in [1.807, 2.05) is 47.2 Å². The molecule has 1 heterocycles. The lowest BCUT2D eigenvalue weighted by molar-refractivity contribution is -0.136. The van der Waals surface area contributed by atoms with Crippen LogP contribution in [-0.2, 0) is 55.1 Å². The van der Waals surface area contributed by atoms with Gasteiger partial charge in [0.15, 0.2) is 0 Å². The molecule has 242 valence electrons. The van der Waals surface area contributed by atoms with Crippen molar-refractivity contribution < 1.29 is 32.7 Å². The van der Waals surface area contributed by atoms with Gasteiger partial charge in [0, 0.05) is 25.1 Å². The van der Waals surface area contributed by atoms with Crippen LogP contribution in [0.1, 0.15) is 29.2 Å². The third-order valence-corrected chi connectivity index (χ3v) is 8.63. The van der Waals surface area contributed by atoms with Crippen LogP contribution in [0.5, 0.6) is 0 Å². The number of allylic oxidation sites excluding steroid dienone is 1. The highest BCUT2D eigenvalue weighted by Gasteiger charge is 2.34. The number of hydrogen-bond acceptors (Lipinski definition) is 7. The first-order valence-electron chi connectivity index (χ1n) is 14.7. The van der Waals surface area contributed by atoms with Crippen molar-refractivity contribution in [1.82, 2.24) is 20.7 Å². The number of benzene rings is 3. The molecular weight excluding hydrogens is 610 g/mol. The number of amides is 3. The Kier molecular flexibility index (Phi) is 11.2. The molecule has 2 atom stereocenters. The highest BCUT2D eigenvalue weighted by molar-refractivity contribution is 7.92. The molecule has 46 heavy (non-hydrogen) atoms. The zero-order valence-electron chi connectivity index (χ0n) is 25.4. The van der Waals surface area contributed by atoms with Crippen molar-refractivity contribution in [2.45, 2.75) is 44.7 Å². The average Bonchev–Trinajstić information content (AvgIpc) is 3.29. The van der Waals surface area contributed by atoms with Crippen molar-refractivity contribution in [3.05, 3.63) is 113 Å². The minimum absolute atomic E-state index is 0.0757. The molecular formula is C33H37N5O7S. The summed E-state index contributed by atoms with van der Waals surface area (Å²) in [4.78, 5) is 49.7. The molecule has 0 spiro atoms. The summed E-state index contributed by atoms with van der Waals surface area (Å²) in [6, 6.07) is 21.2. The number of carbonyl (C=O) groups is 4. The second-order valence-electron chi connectivity index (χ2n) is 11.1. The fourth-order valence-corrected chi connectivity index (χ4v) is 6.15. The number of nitrogens with zero attached hydrogens (tertiary/aromatic N) is 1. The molecule has 0 radical (unpaired) electrons. The molecule has 4 rings (SSSR count). The Bertz CT molecular complexity index is 1680. The van der Waals surface area contributed by atoms with Gasteiger partial charge in [-0.1, -0.05) is 73.3 Å². The Morgan fingerprint density at radius 1 is 0.848 bits per heavy atom. The van der Waals surface area contributed by atoms with E-state index in [0.717, 1.165) is 15.4 Å². The SMILES string of the molecule is C=C(C)N[C@@H](Cc1ccccc1)C(=O)N[C@@H](Cc1ccc(N2CC(=O)NS2(=O)=O)cc1)C(=O)NCCc1ccc(CC(=O)O)cc1. The van der Waals surface area contributed by atoms with Crippen LogP contribution in [0.3, 0.4) is 0 Å². The monoisotopic (exact) mass is 647 g/mol. The topological polar surface area (TPSA) is 174 Å². The lowest BCUT2D eigenvalue weighted by Gasteiger charge is -2.24. The minimum Gasteiger partial charge on any atom is -0.481 e. The molecule has 13 heteroatoms. The summed E-state index contributed by atoms with van der Waals surface area (Å²) in [5, 5.41) is 17.8. The zero-order valence-corrected chi connectivity index (χ0v) is 26.2. The lowest BCUT2D eigenvalue weighted by Crippen LogP contribution is -2.54. The van der Waals surface area contributed by atoms with E-state index in [0.29, 0.717) is 29.7 Å². The third-order valence-electron chi connectivity index (χ3n) is 7.23. The fraction of sp³-hybridized carbons (Fsp3) is 0.273. The van der Waals surface area contributed by atoms with Gasteiger partial charge in [0.05, 0.1) is 12.1 Å². The number of rotatable bonds is 15. The molecule has 3 aromatic rings. The number of anilines is 1. The van der Waals surface area contributed by atoms with Gasteiger partial charge in [0.1, 0.15) is 18.6 Å². The number of carbonyl (C=O) groups excluding carboxylic acids is 3. The van der Waals surface area contributed by atoms with E-state index in [-0.39, 0.29) is 31.6 Å². The predicted octanol–water partition coefficient (Wildman–Crippen LogP) is 1.62. The van der Waals surface area contributed by atoms with E-state index in [1.54, 1.807) is 43.3 Å². The van der Waals surface area contributed by atoms with Crippen LogP contribution < -0.4 is 25.0 Å². The number of carboxylic acid groups (broad SMARTS) is 1. The zero-order chi connectivity index (χ0) is 33.3. The van der Waals surface area contributed by atoms with Crippen molar-refractivity contribution in [3.63, 3.8) is 0 Å². The van der Waals surface area contributed by atoms with Gasteiger partial charge in [-0.15, -0.1) is 0 Å². The summed E-state index contributed by atoms with van der Waals surface area (Å²) in [5.74, 6) is -2.36. The Labute approximate surface area is 268 Å². The molecule has 0 aliphatic carbocycles. The van der Waals surface area contributed by atoms with Crippen molar-refractivity contribution >= 4 is 39.6 Å². The van der Waals surface area contributed by atoms with E-state index in [9.17, 15) is 27.6 Å². The second-order valence-corrected chi connectivity index (χ2v) is 12.7. The number of carboxylic acids is 1. The molecule has 0 unspecified atom stereocenters. The van der Waals surface area contributed by atoms with Gasteiger partial charge < -0.3 is 21.1 Å². The molecule has 3 amide bonds. The molecule has 0 bridgehead atoms. The third kappa shape index (κ3) is 9.66. The molecule has 1 aliphatic rings. The maximum absolute atomic E-state index is 13.6. The molecule has 0 aromatic heterocycles. The lowest BCUT2D eigenvalue weighted by atomic mass is 10.0. The maximum atomic E-state index is 13.6. The van der Waals surface area contributed by atoms with Crippen LogP contribution >= 0.6 is 0 Å². The summed E-state index contributed by atoms with van der Waals surface area (Å²) in [6.07, 6.45) is 0.876. The second kappa shape index (κ2) is 15.2. The van der Waals surface area contributed by atoms with Crippen LogP contribution in [0.2, 0.25) is 0 Å². The van der Waals surface area contributed by atoms with Crippen molar-refractivity contribution in [1.29, 1.82) is 0 Å². The number of nitrogens with one attached hydrogen (secondary N) is 4. The van der Waals surface area contributed by atoms with Gasteiger partial charge >= 0.3 is 16.2 Å². The van der Waals surface area contributed by atoms with Crippen LogP contribution in [0.25, 0.3) is 0 Å². The fourth-order valence-electron chi connectivity index (χ4n) is 5.00. The van der Waals surface area contributed by atoms with Gasteiger partial charge in [-0.05, 0) is 47.7 Å². The normalized spacial score (nSPS) is 14.9. The Morgan fingerprint density at radius 2 is 1.41 bits per heavy atom. The summed E-state index contributed by atoms with van der Waals surface area (Å²) in [5.41, 5.74) is 4.03. The Balaban J connectivity index is 1.48. The van der Waals surface area contributed by atoms with Crippen LogP contribution in [0.15, 0.2) is 91.1 Å². The summed E-state index contributed by atoms with van der Waals surface area (Å²) >= 11 is 0. The van der Waals surface area contributed by atoms with E-state index < -0.39 is 46.0 Å². The first kappa shape index (κ1) is 33.7. The summed E-state index contributed by atoms with van der Waals surface area (Å²) in [6.45, 7) is 5.56. The van der Waals surface area contributed by atoms with Crippen molar-refractivity contribution in [2.24, 2.45) is 0 Å². The van der Waals surface area contributed by atoms with Gasteiger partial charge in [0.2, 0.25) is 11.8 Å². The quantitative estimate of drug-likeness (QED) is 0.165. The van der Waals surface area contributed by atoms with Crippen molar-refractivity contribution in [2.75, 3.05) is 17.4 Å². The molecule has 12 nitrogen and oxygen atoms in total. The highest BCUT2D eigenvalue weighted by atomic mass is 32.2. The minimum atomic E-state index is -3.97. The number of hydrogen-bond donors (Lipinski definition) is 5. The van der Waals surface area contributed by atoms with E-state index in [4.69, 9.17) is 5.11 Å².